The molecule has 2 amide bonds. The highest BCUT2D eigenvalue weighted by Crippen LogP contribution is 2.25. The number of piperidine rings is 3. The first kappa shape index (κ1) is 18.7. The van der Waals surface area contributed by atoms with Crippen LogP contribution in [0.3, 0.4) is 0 Å². The van der Waals surface area contributed by atoms with E-state index in [1.54, 1.807) is 0 Å². The molecular formula is C20H35N3O2. The number of nitrogens with one attached hydrogen (secondary N) is 1. The van der Waals surface area contributed by atoms with Gasteiger partial charge in [0.05, 0.1) is 0 Å². The molecule has 5 heteroatoms. The summed E-state index contributed by atoms with van der Waals surface area (Å²) >= 11 is 0. The molecule has 142 valence electrons. The van der Waals surface area contributed by atoms with E-state index in [9.17, 15) is 9.59 Å². The van der Waals surface area contributed by atoms with Crippen molar-refractivity contribution in [2.24, 2.45) is 17.8 Å². The van der Waals surface area contributed by atoms with Crippen LogP contribution in [0.5, 0.6) is 0 Å². The van der Waals surface area contributed by atoms with Crippen molar-refractivity contribution >= 4 is 11.8 Å². The lowest BCUT2D eigenvalue weighted by molar-refractivity contribution is -0.142. The SMILES string of the molecule is CC1CCCN(C(=O)C2CCN(C(=O)CCC3CCNCC3)CC2)C1. The van der Waals surface area contributed by atoms with Crippen molar-refractivity contribution in [1.82, 2.24) is 15.1 Å². The summed E-state index contributed by atoms with van der Waals surface area (Å²) in [5.74, 6) is 2.13. The maximum atomic E-state index is 12.7. The molecule has 1 atom stereocenters. The van der Waals surface area contributed by atoms with Crippen LogP contribution in [0.15, 0.2) is 0 Å². The number of amides is 2. The summed E-state index contributed by atoms with van der Waals surface area (Å²) in [5.41, 5.74) is 0. The lowest BCUT2D eigenvalue weighted by Gasteiger charge is -2.37. The van der Waals surface area contributed by atoms with Gasteiger partial charge in [0.2, 0.25) is 11.8 Å². The fraction of sp³-hybridized carbons (Fsp3) is 0.900. The second kappa shape index (κ2) is 9.02. The van der Waals surface area contributed by atoms with E-state index in [0.717, 1.165) is 65.0 Å². The summed E-state index contributed by atoms with van der Waals surface area (Å²) in [7, 11) is 0. The van der Waals surface area contributed by atoms with Crippen molar-refractivity contribution in [2.45, 2.75) is 58.3 Å². The first-order valence-electron chi connectivity index (χ1n) is 10.4. The van der Waals surface area contributed by atoms with Gasteiger partial charge in [0.15, 0.2) is 0 Å². The molecule has 0 aliphatic carbocycles. The topological polar surface area (TPSA) is 52.7 Å². The van der Waals surface area contributed by atoms with Gasteiger partial charge in [-0.2, -0.15) is 0 Å². The summed E-state index contributed by atoms with van der Waals surface area (Å²) in [6.07, 6.45) is 8.22. The molecule has 3 saturated heterocycles. The summed E-state index contributed by atoms with van der Waals surface area (Å²) < 4.78 is 0. The maximum Gasteiger partial charge on any atom is 0.225 e. The highest BCUT2D eigenvalue weighted by atomic mass is 16.2. The minimum absolute atomic E-state index is 0.138. The standard InChI is InChI=1S/C20H35N3O2/c1-16-3-2-12-23(15-16)20(25)18-8-13-22(14-9-18)19(24)5-4-17-6-10-21-11-7-17/h16-18,21H,2-15H2,1H3. The predicted molar refractivity (Wildman–Crippen MR) is 99.1 cm³/mol. The highest BCUT2D eigenvalue weighted by Gasteiger charge is 2.31. The van der Waals surface area contributed by atoms with Crippen molar-refractivity contribution in [3.63, 3.8) is 0 Å². The van der Waals surface area contributed by atoms with Gasteiger partial charge in [-0.3, -0.25) is 9.59 Å². The Bertz CT molecular complexity index is 454. The largest absolute Gasteiger partial charge is 0.343 e. The van der Waals surface area contributed by atoms with E-state index in [-0.39, 0.29) is 5.92 Å². The minimum Gasteiger partial charge on any atom is -0.343 e. The predicted octanol–water partition coefficient (Wildman–Crippen LogP) is 2.26. The van der Waals surface area contributed by atoms with Gasteiger partial charge in [0.25, 0.3) is 0 Å². The molecule has 3 aliphatic heterocycles. The van der Waals surface area contributed by atoms with Gasteiger partial charge in [-0.05, 0) is 69.9 Å². The van der Waals surface area contributed by atoms with Crippen LogP contribution in [0.4, 0.5) is 0 Å². The van der Waals surface area contributed by atoms with Crippen LogP contribution in [-0.4, -0.2) is 60.9 Å². The second-order valence-electron chi connectivity index (χ2n) is 8.42. The van der Waals surface area contributed by atoms with Gasteiger partial charge in [0.1, 0.15) is 0 Å². The molecule has 25 heavy (non-hydrogen) atoms. The normalized spacial score (nSPS) is 26.7. The molecule has 0 aromatic heterocycles. The van der Waals surface area contributed by atoms with Crippen LogP contribution >= 0.6 is 0 Å². The van der Waals surface area contributed by atoms with Crippen molar-refractivity contribution in [1.29, 1.82) is 0 Å². The second-order valence-corrected chi connectivity index (χ2v) is 8.42. The molecular weight excluding hydrogens is 314 g/mol. The Balaban J connectivity index is 1.38. The average Bonchev–Trinajstić information content (AvgIpc) is 2.66. The molecule has 0 spiro atoms. The van der Waals surface area contributed by atoms with Crippen molar-refractivity contribution in [3.05, 3.63) is 0 Å². The molecule has 3 heterocycles. The van der Waals surface area contributed by atoms with Crippen molar-refractivity contribution < 1.29 is 9.59 Å². The lowest BCUT2D eigenvalue weighted by Crippen LogP contribution is -2.47. The molecule has 0 aromatic carbocycles. The van der Waals surface area contributed by atoms with Gasteiger partial charge >= 0.3 is 0 Å². The number of carbonyl (C=O) groups is 2. The van der Waals surface area contributed by atoms with E-state index < -0.39 is 0 Å². The smallest absolute Gasteiger partial charge is 0.225 e. The fourth-order valence-corrected chi connectivity index (χ4v) is 4.68. The molecule has 3 fully saturated rings. The minimum atomic E-state index is 0.138. The monoisotopic (exact) mass is 349 g/mol. The Hall–Kier alpha value is -1.10. The maximum absolute atomic E-state index is 12.7. The van der Waals surface area contributed by atoms with Crippen LogP contribution < -0.4 is 5.32 Å². The summed E-state index contributed by atoms with van der Waals surface area (Å²) in [6.45, 7) is 7.83. The number of hydrogen-bond acceptors (Lipinski definition) is 3. The summed E-state index contributed by atoms with van der Waals surface area (Å²) in [5, 5.41) is 3.38. The van der Waals surface area contributed by atoms with E-state index in [0.29, 0.717) is 30.1 Å². The van der Waals surface area contributed by atoms with E-state index in [1.807, 2.05) is 4.90 Å². The molecule has 3 rings (SSSR count). The molecule has 0 aromatic rings. The molecule has 0 saturated carbocycles. The van der Waals surface area contributed by atoms with Crippen LogP contribution in [0, 0.1) is 17.8 Å². The number of likely N-dealkylation sites (tertiary alicyclic amines) is 2. The third kappa shape index (κ3) is 5.19. The third-order valence-electron chi connectivity index (χ3n) is 6.39. The quantitative estimate of drug-likeness (QED) is 0.847. The molecule has 0 radical (unpaired) electrons. The van der Waals surface area contributed by atoms with Gasteiger partial charge in [-0.25, -0.2) is 0 Å². The van der Waals surface area contributed by atoms with Gasteiger partial charge in [-0.1, -0.05) is 6.92 Å². The number of nitrogens with zero attached hydrogens (tertiary/aromatic N) is 2. The summed E-state index contributed by atoms with van der Waals surface area (Å²) in [4.78, 5) is 29.3. The first-order valence-corrected chi connectivity index (χ1v) is 10.4. The molecule has 3 aliphatic rings. The number of carbonyl (C=O) groups excluding carboxylic acids is 2. The van der Waals surface area contributed by atoms with E-state index in [2.05, 4.69) is 17.1 Å². The Morgan fingerprint density at radius 1 is 0.960 bits per heavy atom. The Kier molecular flexibility index (Phi) is 6.74. The summed E-state index contributed by atoms with van der Waals surface area (Å²) in [6, 6.07) is 0. The van der Waals surface area contributed by atoms with Gasteiger partial charge in [0, 0.05) is 38.5 Å². The van der Waals surface area contributed by atoms with Gasteiger partial charge < -0.3 is 15.1 Å². The number of hydrogen-bond donors (Lipinski definition) is 1. The zero-order valence-corrected chi connectivity index (χ0v) is 15.8. The molecule has 1 unspecified atom stereocenters. The Morgan fingerprint density at radius 2 is 1.68 bits per heavy atom. The number of rotatable bonds is 4. The Morgan fingerprint density at radius 3 is 2.36 bits per heavy atom. The van der Waals surface area contributed by atoms with E-state index >= 15 is 0 Å². The lowest BCUT2D eigenvalue weighted by atomic mass is 9.91. The average molecular weight is 350 g/mol. The van der Waals surface area contributed by atoms with Gasteiger partial charge in [-0.15, -0.1) is 0 Å². The Labute approximate surface area is 152 Å². The van der Waals surface area contributed by atoms with Crippen LogP contribution in [0.25, 0.3) is 0 Å². The van der Waals surface area contributed by atoms with Crippen molar-refractivity contribution in [2.75, 3.05) is 39.3 Å². The molecule has 5 nitrogen and oxygen atoms in total. The van der Waals surface area contributed by atoms with E-state index in [1.165, 1.54) is 19.3 Å². The van der Waals surface area contributed by atoms with Crippen LogP contribution in [0.2, 0.25) is 0 Å². The molecule has 0 bridgehead atoms. The zero-order valence-electron chi connectivity index (χ0n) is 15.8. The highest BCUT2D eigenvalue weighted by molar-refractivity contribution is 5.80. The molecule has 1 N–H and O–H groups in total. The van der Waals surface area contributed by atoms with Crippen LogP contribution in [-0.2, 0) is 9.59 Å². The fourth-order valence-electron chi connectivity index (χ4n) is 4.68. The van der Waals surface area contributed by atoms with E-state index in [4.69, 9.17) is 0 Å². The first-order chi connectivity index (χ1) is 12.1. The van der Waals surface area contributed by atoms with Crippen molar-refractivity contribution in [3.8, 4) is 0 Å². The van der Waals surface area contributed by atoms with Crippen LogP contribution in [0.1, 0.15) is 58.3 Å². The third-order valence-corrected chi connectivity index (χ3v) is 6.39. The zero-order chi connectivity index (χ0) is 17.6.